The quantitative estimate of drug-likeness (QED) is 0.766. The molecule has 0 unspecified atom stereocenters. The van der Waals surface area contributed by atoms with Crippen molar-refractivity contribution in [3.05, 3.63) is 45.7 Å². The van der Waals surface area contributed by atoms with Gasteiger partial charge in [0.25, 0.3) is 0 Å². The number of nitrogens with zero attached hydrogens (tertiary/aromatic N) is 2. The van der Waals surface area contributed by atoms with Crippen LogP contribution < -0.4 is 0 Å². The average Bonchev–Trinajstić information content (AvgIpc) is 2.64. The highest BCUT2D eigenvalue weighted by atomic mass is 79.9. The highest BCUT2D eigenvalue weighted by Gasteiger charge is 2.04. The summed E-state index contributed by atoms with van der Waals surface area (Å²) in [6, 6.07) is 5.68. The molecule has 0 N–H and O–H groups in total. The number of halogens is 3. The van der Waals surface area contributed by atoms with Gasteiger partial charge in [0, 0.05) is 12.1 Å². The van der Waals surface area contributed by atoms with Crippen LogP contribution in [0.1, 0.15) is 5.56 Å². The monoisotopic (exact) mass is 304 g/mol. The summed E-state index contributed by atoms with van der Waals surface area (Å²) in [5.74, 6) is 0.461. The van der Waals surface area contributed by atoms with E-state index in [4.69, 9.17) is 23.2 Å². The minimum atomic E-state index is 0.461. The topological polar surface area (TPSA) is 17.8 Å². The first-order chi connectivity index (χ1) is 7.20. The summed E-state index contributed by atoms with van der Waals surface area (Å²) in [6.45, 7) is 0. The first kappa shape index (κ1) is 11.0. The van der Waals surface area contributed by atoms with Crippen molar-refractivity contribution in [2.24, 2.45) is 0 Å². The van der Waals surface area contributed by atoms with Crippen LogP contribution in [0.5, 0.6) is 0 Å². The zero-order valence-corrected chi connectivity index (χ0v) is 10.7. The molecule has 0 amide bonds. The van der Waals surface area contributed by atoms with E-state index < -0.39 is 0 Å². The van der Waals surface area contributed by atoms with Crippen LogP contribution in [0.25, 0.3) is 5.69 Å². The van der Waals surface area contributed by atoms with E-state index in [2.05, 4.69) is 21.0 Å². The molecule has 0 aliphatic rings. The average molecular weight is 306 g/mol. The zero-order valence-electron chi connectivity index (χ0n) is 7.62. The van der Waals surface area contributed by atoms with Crippen molar-refractivity contribution < 1.29 is 0 Å². The van der Waals surface area contributed by atoms with Gasteiger partial charge in [-0.2, -0.15) is 5.10 Å². The van der Waals surface area contributed by atoms with Gasteiger partial charge in [-0.1, -0.05) is 17.7 Å². The van der Waals surface area contributed by atoms with E-state index in [0.29, 0.717) is 10.9 Å². The Balaban J connectivity index is 2.45. The van der Waals surface area contributed by atoms with Crippen LogP contribution in [-0.4, -0.2) is 9.78 Å². The zero-order chi connectivity index (χ0) is 10.8. The van der Waals surface area contributed by atoms with E-state index in [1.165, 1.54) is 0 Å². The summed E-state index contributed by atoms with van der Waals surface area (Å²) in [7, 11) is 0. The molecule has 1 aromatic heterocycles. The summed E-state index contributed by atoms with van der Waals surface area (Å²) in [5, 5.41) is 4.80. The van der Waals surface area contributed by atoms with E-state index >= 15 is 0 Å². The maximum absolute atomic E-state index is 6.12. The molecule has 5 heteroatoms. The van der Waals surface area contributed by atoms with Crippen LogP contribution in [0.3, 0.4) is 0 Å². The van der Waals surface area contributed by atoms with Crippen LogP contribution in [0, 0.1) is 0 Å². The largest absolute Gasteiger partial charge is 0.238 e. The Morgan fingerprint density at radius 1 is 1.40 bits per heavy atom. The summed E-state index contributed by atoms with van der Waals surface area (Å²) in [4.78, 5) is 0. The predicted octanol–water partition coefficient (Wildman–Crippen LogP) is 4.03. The molecule has 0 fully saturated rings. The van der Waals surface area contributed by atoms with Gasteiger partial charge < -0.3 is 0 Å². The Kier molecular flexibility index (Phi) is 3.34. The molecular weight excluding hydrogens is 299 g/mol. The van der Waals surface area contributed by atoms with Crippen molar-refractivity contribution in [2.75, 3.05) is 0 Å². The van der Waals surface area contributed by atoms with Crippen molar-refractivity contribution in [1.29, 1.82) is 0 Å². The third kappa shape index (κ3) is 2.36. The predicted molar refractivity (Wildman–Crippen MR) is 65.8 cm³/mol. The molecule has 1 heterocycles. The molecule has 0 aliphatic heterocycles. The second kappa shape index (κ2) is 4.56. The highest BCUT2D eigenvalue weighted by Crippen LogP contribution is 2.23. The maximum atomic E-state index is 6.12. The van der Waals surface area contributed by atoms with E-state index in [0.717, 1.165) is 15.7 Å². The third-order valence-electron chi connectivity index (χ3n) is 1.96. The molecule has 0 bridgehead atoms. The summed E-state index contributed by atoms with van der Waals surface area (Å²) in [5.41, 5.74) is 1.84. The molecule has 0 saturated carbocycles. The Bertz CT molecular complexity index is 482. The minimum absolute atomic E-state index is 0.461. The van der Waals surface area contributed by atoms with E-state index in [1.807, 2.05) is 24.4 Å². The minimum Gasteiger partial charge on any atom is -0.238 e. The smallest absolute Gasteiger partial charge is 0.0832 e. The van der Waals surface area contributed by atoms with Gasteiger partial charge in [0.2, 0.25) is 0 Å². The summed E-state index contributed by atoms with van der Waals surface area (Å²) >= 11 is 15.2. The molecule has 78 valence electrons. The molecule has 2 nitrogen and oxygen atoms in total. The lowest BCUT2D eigenvalue weighted by atomic mass is 10.2. The number of aromatic nitrogens is 2. The molecule has 2 aromatic rings. The van der Waals surface area contributed by atoms with Crippen molar-refractivity contribution in [3.8, 4) is 5.69 Å². The van der Waals surface area contributed by atoms with Crippen molar-refractivity contribution in [2.45, 2.75) is 5.88 Å². The number of rotatable bonds is 2. The van der Waals surface area contributed by atoms with Gasteiger partial charge in [0.15, 0.2) is 0 Å². The van der Waals surface area contributed by atoms with Crippen LogP contribution >= 0.6 is 39.1 Å². The molecule has 0 radical (unpaired) electrons. The van der Waals surface area contributed by atoms with E-state index in [-0.39, 0.29) is 0 Å². The number of hydrogen-bond donors (Lipinski definition) is 0. The number of benzene rings is 1. The Hall–Kier alpha value is -0.510. The molecule has 0 aliphatic carbocycles. The maximum Gasteiger partial charge on any atom is 0.0832 e. The molecule has 1 aromatic carbocycles. The van der Waals surface area contributed by atoms with Gasteiger partial charge >= 0.3 is 0 Å². The fourth-order valence-electron chi connectivity index (χ4n) is 1.25. The van der Waals surface area contributed by atoms with Crippen LogP contribution in [0.2, 0.25) is 5.02 Å². The summed E-state index contributed by atoms with van der Waals surface area (Å²) < 4.78 is 2.63. The highest BCUT2D eigenvalue weighted by molar-refractivity contribution is 9.10. The Morgan fingerprint density at radius 2 is 2.20 bits per heavy atom. The first-order valence-corrected chi connectivity index (χ1v) is 5.96. The molecule has 2 rings (SSSR count). The van der Waals surface area contributed by atoms with Crippen molar-refractivity contribution in [3.63, 3.8) is 0 Å². The molecular formula is C10H7BrCl2N2. The first-order valence-electron chi connectivity index (χ1n) is 4.25. The van der Waals surface area contributed by atoms with Gasteiger partial charge in [-0.15, -0.1) is 11.6 Å². The van der Waals surface area contributed by atoms with Crippen LogP contribution in [0.4, 0.5) is 0 Å². The summed E-state index contributed by atoms with van der Waals surface area (Å²) in [6.07, 6.45) is 3.56. The second-order valence-electron chi connectivity index (χ2n) is 3.02. The van der Waals surface area contributed by atoms with Gasteiger partial charge in [0.1, 0.15) is 0 Å². The Morgan fingerprint density at radius 3 is 2.73 bits per heavy atom. The van der Waals surface area contributed by atoms with Gasteiger partial charge in [0.05, 0.1) is 21.4 Å². The van der Waals surface area contributed by atoms with Gasteiger partial charge in [-0.05, 0) is 33.6 Å². The third-order valence-corrected chi connectivity index (χ3v) is 2.99. The van der Waals surface area contributed by atoms with Crippen LogP contribution in [-0.2, 0) is 5.88 Å². The molecule has 15 heavy (non-hydrogen) atoms. The van der Waals surface area contributed by atoms with Crippen molar-refractivity contribution >= 4 is 39.1 Å². The lowest BCUT2D eigenvalue weighted by Gasteiger charge is -2.05. The molecule has 0 saturated heterocycles. The van der Waals surface area contributed by atoms with E-state index in [9.17, 15) is 0 Å². The fraction of sp³-hybridized carbons (Fsp3) is 0.100. The standard InChI is InChI=1S/C10H7BrCl2N2/c11-8-5-14-15(6-8)10-2-1-7(4-12)3-9(10)13/h1-3,5-6H,4H2. The van der Waals surface area contributed by atoms with Crippen LogP contribution in [0.15, 0.2) is 35.1 Å². The lowest BCUT2D eigenvalue weighted by molar-refractivity contribution is 0.880. The number of hydrogen-bond acceptors (Lipinski definition) is 1. The second-order valence-corrected chi connectivity index (χ2v) is 4.61. The van der Waals surface area contributed by atoms with E-state index in [1.54, 1.807) is 10.9 Å². The van der Waals surface area contributed by atoms with Crippen molar-refractivity contribution in [1.82, 2.24) is 9.78 Å². The fourth-order valence-corrected chi connectivity index (χ4v) is 1.99. The molecule has 0 atom stereocenters. The van der Waals surface area contributed by atoms with Gasteiger partial charge in [-0.3, -0.25) is 0 Å². The Labute approximate surface area is 106 Å². The molecule has 0 spiro atoms. The normalized spacial score (nSPS) is 10.6. The lowest BCUT2D eigenvalue weighted by Crippen LogP contribution is -1.95. The number of alkyl halides is 1. The van der Waals surface area contributed by atoms with Gasteiger partial charge in [-0.25, -0.2) is 4.68 Å². The SMILES string of the molecule is ClCc1ccc(-n2cc(Br)cn2)c(Cl)c1.